The highest BCUT2D eigenvalue weighted by Gasteiger charge is 2.26. The molecule has 0 radical (unpaired) electrons. The lowest BCUT2D eigenvalue weighted by molar-refractivity contribution is -0.187. The molecule has 2 unspecified atom stereocenters. The Labute approximate surface area is 228 Å². The monoisotopic (exact) mass is 571 g/mol. The van der Waals surface area contributed by atoms with Crippen LogP contribution in [0.3, 0.4) is 0 Å². The van der Waals surface area contributed by atoms with Gasteiger partial charge < -0.3 is 28.8 Å². The summed E-state index contributed by atoms with van der Waals surface area (Å²) >= 11 is 0. The number of ether oxygens (including phenoxy) is 4. The van der Waals surface area contributed by atoms with E-state index in [4.69, 9.17) is 18.9 Å². The van der Waals surface area contributed by atoms with Crippen LogP contribution >= 0.6 is 0 Å². The fourth-order valence-corrected chi connectivity index (χ4v) is 3.87. The van der Waals surface area contributed by atoms with E-state index in [0.717, 1.165) is 11.3 Å². The van der Waals surface area contributed by atoms with E-state index in [0.29, 0.717) is 24.5 Å². The normalized spacial score (nSPS) is 12.6. The van der Waals surface area contributed by atoms with Crippen LogP contribution in [0.4, 0.5) is 5.69 Å². The minimum atomic E-state index is -4.27. The van der Waals surface area contributed by atoms with Gasteiger partial charge in [0.2, 0.25) is 5.91 Å². The van der Waals surface area contributed by atoms with Crippen molar-refractivity contribution < 1.29 is 41.5 Å². The maximum Gasteiger partial charge on any atom is 0.305 e. The molecule has 12 heteroatoms. The van der Waals surface area contributed by atoms with Crippen LogP contribution in [0.5, 0.6) is 5.75 Å². The van der Waals surface area contributed by atoms with Crippen molar-refractivity contribution in [2.45, 2.75) is 44.5 Å². The largest absolute Gasteiger partial charge is 0.744 e. The molecule has 0 bridgehead atoms. The molecule has 0 aliphatic heterocycles. The van der Waals surface area contributed by atoms with Crippen LogP contribution in [-0.4, -0.2) is 75.8 Å². The Hall–Kier alpha value is -2.64. The van der Waals surface area contributed by atoms with Gasteiger partial charge in [0, 0.05) is 26.3 Å². The molecule has 0 aliphatic carbocycles. The van der Waals surface area contributed by atoms with Crippen molar-refractivity contribution in [2.24, 2.45) is 0 Å². The van der Waals surface area contributed by atoms with E-state index < -0.39 is 28.5 Å². The zero-order valence-corrected chi connectivity index (χ0v) is 24.2. The molecule has 0 heterocycles. The fraction of sp³-hybridized carbons (Fsp3) is 0.462. The molecule has 212 valence electrons. The molecule has 0 aliphatic rings. The van der Waals surface area contributed by atoms with Gasteiger partial charge in [0.1, 0.15) is 21.6 Å². The molecule has 10 nitrogen and oxygen atoms in total. The maximum atomic E-state index is 11.9. The quantitative estimate of drug-likeness (QED) is 0.166. The van der Waals surface area contributed by atoms with Crippen molar-refractivity contribution in [1.29, 1.82) is 0 Å². The summed E-state index contributed by atoms with van der Waals surface area (Å²) in [7, 11) is -2.53. The van der Waals surface area contributed by atoms with E-state index in [1.807, 2.05) is 13.8 Å². The number of benzene rings is 2. The van der Waals surface area contributed by atoms with Crippen LogP contribution in [0.25, 0.3) is 0 Å². The third-order valence-corrected chi connectivity index (χ3v) is 6.68. The van der Waals surface area contributed by atoms with E-state index in [9.17, 15) is 22.6 Å². The Morgan fingerprint density at radius 2 is 1.66 bits per heavy atom. The maximum absolute atomic E-state index is 11.9. The molecule has 2 aromatic rings. The van der Waals surface area contributed by atoms with E-state index in [1.165, 1.54) is 26.2 Å². The van der Waals surface area contributed by atoms with Gasteiger partial charge in [-0.2, -0.15) is 0 Å². The van der Waals surface area contributed by atoms with E-state index >= 15 is 0 Å². The summed E-state index contributed by atoms with van der Waals surface area (Å²) in [6.45, 7) is 5.73. The summed E-state index contributed by atoms with van der Waals surface area (Å²) in [6, 6.07) is 12.7. The smallest absolute Gasteiger partial charge is 0.305 e. The number of carbonyl (C=O) groups is 2. The number of anilines is 1. The number of aryl methyl sites for hydroxylation is 1. The van der Waals surface area contributed by atoms with Crippen molar-refractivity contribution >= 4 is 38.6 Å². The highest BCUT2D eigenvalue weighted by molar-refractivity contribution is 7.95. The number of amides is 1. The standard InChI is InChI=1S/C19H29NO6S.C7H8O3S/c1-6-24-13-17(23-3)19(25-14(2)21)26-16-9-7-15(8-10-16)20-18(22)11-12-27(4)5;1-6-2-4-7(5-3-6)11(8,9)10/h7-10,17,19H,6,11-13H2,1-5H3;2-5H,1H3,(H,8,9,10). The molecule has 38 heavy (non-hydrogen) atoms. The van der Waals surface area contributed by atoms with Crippen molar-refractivity contribution in [1.82, 2.24) is 0 Å². The number of rotatable bonds is 13. The third kappa shape index (κ3) is 13.8. The van der Waals surface area contributed by atoms with E-state index in [1.54, 1.807) is 36.4 Å². The SMILES string of the molecule is CCOCC(OC)C(OC(C)=O)Oc1ccc(NC(=O)CC[S+](C)C)cc1.Cc1ccc(S(=O)(=O)[O-])cc1. The van der Waals surface area contributed by atoms with Gasteiger partial charge in [-0.25, -0.2) is 8.42 Å². The zero-order chi connectivity index (χ0) is 28.7. The van der Waals surface area contributed by atoms with Gasteiger partial charge in [0.15, 0.2) is 6.10 Å². The van der Waals surface area contributed by atoms with Crippen LogP contribution in [0.1, 0.15) is 25.8 Å². The molecular formula is C26H37NO9S2. The van der Waals surface area contributed by atoms with Crippen LogP contribution in [0.2, 0.25) is 0 Å². The predicted octanol–water partition coefficient (Wildman–Crippen LogP) is 3.11. The number of nitrogens with one attached hydrogen (secondary N) is 1. The van der Waals surface area contributed by atoms with E-state index in [2.05, 4.69) is 17.8 Å². The van der Waals surface area contributed by atoms with Gasteiger partial charge in [0.25, 0.3) is 6.29 Å². The van der Waals surface area contributed by atoms with Crippen LogP contribution in [-0.2, 0) is 44.8 Å². The van der Waals surface area contributed by atoms with Gasteiger partial charge in [-0.15, -0.1) is 0 Å². The van der Waals surface area contributed by atoms with Gasteiger partial charge in [-0.1, -0.05) is 17.7 Å². The lowest BCUT2D eigenvalue weighted by atomic mass is 10.2. The lowest BCUT2D eigenvalue weighted by Gasteiger charge is -2.26. The molecule has 1 N–H and O–H groups in total. The van der Waals surface area contributed by atoms with Crippen LogP contribution in [0, 0.1) is 6.92 Å². The number of esters is 1. The van der Waals surface area contributed by atoms with Gasteiger partial charge in [0.05, 0.1) is 30.4 Å². The number of hydrogen-bond acceptors (Lipinski definition) is 9. The number of hydrogen-bond donors (Lipinski definition) is 1. The van der Waals surface area contributed by atoms with Crippen LogP contribution < -0.4 is 10.1 Å². The Bertz CT molecular complexity index is 1090. The van der Waals surface area contributed by atoms with Crippen molar-refractivity contribution in [3.05, 3.63) is 54.1 Å². The predicted molar refractivity (Wildman–Crippen MR) is 146 cm³/mol. The molecular weight excluding hydrogens is 534 g/mol. The zero-order valence-electron chi connectivity index (χ0n) is 22.6. The number of methoxy groups -OCH3 is 1. The summed E-state index contributed by atoms with van der Waals surface area (Å²) in [4.78, 5) is 23.1. The summed E-state index contributed by atoms with van der Waals surface area (Å²) in [5.41, 5.74) is 1.61. The Balaban J connectivity index is 0.000000544. The molecule has 2 atom stereocenters. The molecule has 0 saturated heterocycles. The van der Waals surface area contributed by atoms with Crippen molar-refractivity contribution in [3.63, 3.8) is 0 Å². The van der Waals surface area contributed by atoms with Gasteiger partial charge >= 0.3 is 5.97 Å². The third-order valence-electron chi connectivity index (χ3n) is 4.81. The molecule has 0 saturated carbocycles. The van der Waals surface area contributed by atoms with Gasteiger partial charge in [-0.05, 0) is 61.1 Å². The molecule has 0 fully saturated rings. The first-order valence-corrected chi connectivity index (χ1v) is 15.4. The minimum absolute atomic E-state index is 0.0150. The average Bonchev–Trinajstić information content (AvgIpc) is 2.84. The second-order valence-electron chi connectivity index (χ2n) is 8.31. The van der Waals surface area contributed by atoms with Gasteiger partial charge in [-0.3, -0.25) is 9.59 Å². The molecule has 2 aromatic carbocycles. The Morgan fingerprint density at radius 3 is 2.13 bits per heavy atom. The molecule has 2 rings (SSSR count). The topological polar surface area (TPSA) is 140 Å². The Kier molecular flexibility index (Phi) is 15.0. The first-order valence-electron chi connectivity index (χ1n) is 11.8. The second-order valence-corrected chi connectivity index (χ2v) is 12.1. The van der Waals surface area contributed by atoms with Crippen LogP contribution in [0.15, 0.2) is 53.4 Å². The fourth-order valence-electron chi connectivity index (χ4n) is 2.81. The molecule has 0 aromatic heterocycles. The summed E-state index contributed by atoms with van der Waals surface area (Å²) in [6.07, 6.45) is 3.21. The summed E-state index contributed by atoms with van der Waals surface area (Å²) in [5.74, 6) is 0.864. The Morgan fingerprint density at radius 1 is 1.05 bits per heavy atom. The summed E-state index contributed by atoms with van der Waals surface area (Å²) < 4.78 is 52.8. The highest BCUT2D eigenvalue weighted by atomic mass is 32.2. The second kappa shape index (κ2) is 17.0. The minimum Gasteiger partial charge on any atom is -0.744 e. The molecule has 1 amide bonds. The highest BCUT2D eigenvalue weighted by Crippen LogP contribution is 2.19. The van der Waals surface area contributed by atoms with Crippen molar-refractivity contribution in [2.75, 3.05) is 43.9 Å². The number of carbonyl (C=O) groups excluding carboxylic acids is 2. The first kappa shape index (κ1) is 33.4. The van der Waals surface area contributed by atoms with Crippen molar-refractivity contribution in [3.8, 4) is 5.75 Å². The lowest BCUT2D eigenvalue weighted by Crippen LogP contribution is -2.40. The summed E-state index contributed by atoms with van der Waals surface area (Å²) in [5, 5.41) is 2.85. The first-order chi connectivity index (χ1) is 17.8. The molecule has 0 spiro atoms. The average molecular weight is 572 g/mol. The van der Waals surface area contributed by atoms with E-state index in [-0.39, 0.29) is 28.3 Å².